The molecule has 4 aromatic rings. The highest BCUT2D eigenvalue weighted by molar-refractivity contribution is 6.02. The maximum Gasteiger partial charge on any atom is 0.352 e. The van der Waals surface area contributed by atoms with Crippen LogP contribution in [0.2, 0.25) is 0 Å². The Labute approximate surface area is 166 Å². The molecule has 0 fully saturated rings. The Kier molecular flexibility index (Phi) is 5.29. The van der Waals surface area contributed by atoms with Crippen LogP contribution < -0.4 is 0 Å². The van der Waals surface area contributed by atoms with E-state index in [-0.39, 0.29) is 12.2 Å². The van der Waals surface area contributed by atoms with E-state index in [9.17, 15) is 9.59 Å². The quantitative estimate of drug-likeness (QED) is 0.508. The van der Waals surface area contributed by atoms with Crippen molar-refractivity contribution in [2.45, 2.75) is 12.7 Å². The molecule has 0 amide bonds. The minimum atomic E-state index is -1.20. The monoisotopic (exact) mass is 387 g/mol. The van der Waals surface area contributed by atoms with Gasteiger partial charge in [-0.05, 0) is 17.7 Å². The first-order chi connectivity index (χ1) is 14.2. The number of nitrogens with one attached hydrogen (secondary N) is 1. The maximum absolute atomic E-state index is 12.8. The molecule has 0 radical (unpaired) electrons. The Morgan fingerprint density at radius 3 is 2.34 bits per heavy atom. The molecule has 0 bridgehead atoms. The van der Waals surface area contributed by atoms with E-state index in [2.05, 4.69) is 15.4 Å². The average molecular weight is 387 g/mol. The molecular weight excluding hydrogens is 370 g/mol. The van der Waals surface area contributed by atoms with Gasteiger partial charge < -0.3 is 9.47 Å². The van der Waals surface area contributed by atoms with Gasteiger partial charge in [-0.2, -0.15) is 15.4 Å². The number of fused-ring (bicyclic) bond motifs is 1. The highest BCUT2D eigenvalue weighted by Crippen LogP contribution is 2.23. The number of rotatable bonds is 6. The zero-order valence-electron chi connectivity index (χ0n) is 15.3. The van der Waals surface area contributed by atoms with Crippen molar-refractivity contribution in [3.8, 4) is 0 Å². The Bertz CT molecular complexity index is 1130. The fraction of sp³-hybridized carbons (Fsp3) is 0.0909. The summed E-state index contributed by atoms with van der Waals surface area (Å²) in [6.45, 7) is 0.0828. The highest BCUT2D eigenvalue weighted by Gasteiger charge is 2.28. The normalized spacial score (nSPS) is 11.7. The fourth-order valence-corrected chi connectivity index (χ4v) is 2.89. The molecule has 0 saturated carbocycles. The molecule has 0 saturated heterocycles. The number of aromatic amines is 1. The minimum absolute atomic E-state index is 0.0828. The van der Waals surface area contributed by atoms with Crippen molar-refractivity contribution >= 4 is 23.0 Å². The Morgan fingerprint density at radius 2 is 1.59 bits per heavy atom. The van der Waals surface area contributed by atoms with Crippen molar-refractivity contribution in [2.75, 3.05) is 0 Å². The molecule has 0 spiro atoms. The molecule has 1 atom stereocenters. The molecule has 0 aliphatic carbocycles. The molecule has 29 heavy (non-hydrogen) atoms. The summed E-state index contributed by atoms with van der Waals surface area (Å²) < 4.78 is 11.0. The second-order valence-corrected chi connectivity index (χ2v) is 6.29. The van der Waals surface area contributed by atoms with Crippen molar-refractivity contribution in [1.29, 1.82) is 0 Å². The number of esters is 2. The lowest BCUT2D eigenvalue weighted by Crippen LogP contribution is -2.22. The molecule has 3 aromatic carbocycles. The molecule has 7 heteroatoms. The van der Waals surface area contributed by atoms with Crippen molar-refractivity contribution in [3.05, 3.63) is 95.6 Å². The third-order valence-corrected chi connectivity index (χ3v) is 4.33. The van der Waals surface area contributed by atoms with E-state index < -0.39 is 18.0 Å². The zero-order valence-corrected chi connectivity index (χ0v) is 15.3. The van der Waals surface area contributed by atoms with E-state index in [1.807, 2.05) is 36.4 Å². The Balaban J connectivity index is 1.56. The third-order valence-electron chi connectivity index (χ3n) is 4.33. The van der Waals surface area contributed by atoms with Crippen molar-refractivity contribution < 1.29 is 19.1 Å². The molecule has 0 aliphatic heterocycles. The van der Waals surface area contributed by atoms with Crippen LogP contribution >= 0.6 is 0 Å². The molecule has 1 unspecified atom stereocenters. The number of H-pyrrole nitrogens is 1. The van der Waals surface area contributed by atoms with E-state index in [1.165, 1.54) is 0 Å². The molecule has 1 N–H and O–H groups in total. The standard InChI is InChI=1S/C22H17N3O4/c26-21(17-12-7-13-18-19(17)24-25-23-18)29-20(16-10-5-2-6-11-16)22(27)28-14-15-8-3-1-4-9-15/h1-13,20H,14H2,(H,23,24,25). The number of aromatic nitrogens is 3. The summed E-state index contributed by atoms with van der Waals surface area (Å²) in [6.07, 6.45) is -1.20. The fourth-order valence-electron chi connectivity index (χ4n) is 2.89. The number of hydrogen-bond donors (Lipinski definition) is 1. The van der Waals surface area contributed by atoms with Crippen LogP contribution in [0.4, 0.5) is 0 Å². The molecule has 1 heterocycles. The lowest BCUT2D eigenvalue weighted by Gasteiger charge is -2.17. The lowest BCUT2D eigenvalue weighted by atomic mass is 10.1. The molecular formula is C22H17N3O4. The molecule has 144 valence electrons. The van der Waals surface area contributed by atoms with Crippen molar-refractivity contribution in [2.24, 2.45) is 0 Å². The number of carbonyl (C=O) groups is 2. The van der Waals surface area contributed by atoms with Crippen LogP contribution in [0.5, 0.6) is 0 Å². The first kappa shape index (κ1) is 18.4. The van der Waals surface area contributed by atoms with Crippen LogP contribution in [0.1, 0.15) is 27.6 Å². The molecule has 7 nitrogen and oxygen atoms in total. The predicted octanol–water partition coefficient (Wildman–Crippen LogP) is 3.60. The van der Waals surface area contributed by atoms with Gasteiger partial charge in [0.25, 0.3) is 0 Å². The van der Waals surface area contributed by atoms with Crippen LogP contribution in [0.25, 0.3) is 11.0 Å². The SMILES string of the molecule is O=C(OC(C(=O)OCc1ccccc1)c1ccccc1)c1cccc2n[nH]nc12. The van der Waals surface area contributed by atoms with Crippen LogP contribution in [0.3, 0.4) is 0 Å². The highest BCUT2D eigenvalue weighted by atomic mass is 16.6. The second kappa shape index (κ2) is 8.35. The predicted molar refractivity (Wildman–Crippen MR) is 105 cm³/mol. The summed E-state index contributed by atoms with van der Waals surface area (Å²) in [7, 11) is 0. The summed E-state index contributed by atoms with van der Waals surface area (Å²) >= 11 is 0. The number of hydrogen-bond acceptors (Lipinski definition) is 6. The molecule has 0 aliphatic rings. The van der Waals surface area contributed by atoms with Gasteiger partial charge in [-0.1, -0.05) is 66.7 Å². The first-order valence-corrected chi connectivity index (χ1v) is 8.98. The van der Waals surface area contributed by atoms with E-state index >= 15 is 0 Å². The second-order valence-electron chi connectivity index (χ2n) is 6.29. The lowest BCUT2D eigenvalue weighted by molar-refractivity contribution is -0.155. The van der Waals surface area contributed by atoms with Crippen molar-refractivity contribution in [1.82, 2.24) is 15.4 Å². The van der Waals surface area contributed by atoms with Crippen molar-refractivity contribution in [3.63, 3.8) is 0 Å². The third kappa shape index (κ3) is 4.14. The summed E-state index contributed by atoms with van der Waals surface area (Å²) in [4.78, 5) is 25.6. The minimum Gasteiger partial charge on any atom is -0.458 e. The van der Waals surface area contributed by atoms with Crippen LogP contribution in [0.15, 0.2) is 78.9 Å². The van der Waals surface area contributed by atoms with Gasteiger partial charge in [-0.25, -0.2) is 9.59 Å². The van der Waals surface area contributed by atoms with Gasteiger partial charge in [0.15, 0.2) is 0 Å². The van der Waals surface area contributed by atoms with Gasteiger partial charge >= 0.3 is 11.9 Å². The topological polar surface area (TPSA) is 94.2 Å². The van der Waals surface area contributed by atoms with Crippen LogP contribution in [-0.4, -0.2) is 27.3 Å². The van der Waals surface area contributed by atoms with E-state index in [0.717, 1.165) is 5.56 Å². The number of ether oxygens (including phenoxy) is 2. The Morgan fingerprint density at radius 1 is 0.862 bits per heavy atom. The summed E-state index contributed by atoms with van der Waals surface area (Å²) in [5, 5.41) is 10.4. The average Bonchev–Trinajstić information content (AvgIpc) is 3.26. The summed E-state index contributed by atoms with van der Waals surface area (Å²) in [5.74, 6) is -1.34. The summed E-state index contributed by atoms with van der Waals surface area (Å²) in [5.41, 5.74) is 2.48. The summed E-state index contributed by atoms with van der Waals surface area (Å²) in [6, 6.07) is 23.0. The number of nitrogens with zero attached hydrogens (tertiary/aromatic N) is 2. The number of para-hydroxylation sites is 1. The van der Waals surface area contributed by atoms with E-state index in [1.54, 1.807) is 42.5 Å². The van der Waals surface area contributed by atoms with Gasteiger partial charge in [-0.15, -0.1) is 0 Å². The van der Waals surface area contributed by atoms with Gasteiger partial charge in [-0.3, -0.25) is 0 Å². The smallest absolute Gasteiger partial charge is 0.352 e. The number of carbonyl (C=O) groups excluding carboxylic acids is 2. The van der Waals surface area contributed by atoms with Gasteiger partial charge in [0.05, 0.1) is 5.56 Å². The van der Waals surface area contributed by atoms with Gasteiger partial charge in [0.2, 0.25) is 6.10 Å². The molecule has 4 rings (SSSR count). The van der Waals surface area contributed by atoms with Gasteiger partial charge in [0.1, 0.15) is 17.6 Å². The largest absolute Gasteiger partial charge is 0.458 e. The number of benzene rings is 3. The van der Waals surface area contributed by atoms with Crippen LogP contribution in [-0.2, 0) is 20.9 Å². The zero-order chi connectivity index (χ0) is 20.1. The first-order valence-electron chi connectivity index (χ1n) is 8.98. The molecule has 1 aromatic heterocycles. The van der Waals surface area contributed by atoms with E-state index in [4.69, 9.17) is 9.47 Å². The van der Waals surface area contributed by atoms with Gasteiger partial charge in [0, 0.05) is 5.56 Å². The Hall–Kier alpha value is -4.00. The van der Waals surface area contributed by atoms with Crippen LogP contribution in [0, 0.1) is 0 Å². The maximum atomic E-state index is 12.8. The van der Waals surface area contributed by atoms with E-state index in [0.29, 0.717) is 16.6 Å².